The highest BCUT2D eigenvalue weighted by molar-refractivity contribution is 6.01. The van der Waals surface area contributed by atoms with Crippen molar-refractivity contribution in [1.82, 2.24) is 0 Å². The molecule has 1 rings (SSSR count). The predicted octanol–water partition coefficient (Wildman–Crippen LogP) is 2.83. The summed E-state index contributed by atoms with van der Waals surface area (Å²) in [5, 5.41) is 12.0. The summed E-state index contributed by atoms with van der Waals surface area (Å²) in [5.74, 6) is 0. The molecule has 0 saturated heterocycles. The lowest BCUT2D eigenvalue weighted by molar-refractivity contribution is 0.318. The van der Waals surface area contributed by atoms with Crippen LogP contribution < -0.4 is 0 Å². The molecular weight excluding hydrogens is 162 g/mol. The van der Waals surface area contributed by atoms with Crippen molar-refractivity contribution in [2.24, 2.45) is 5.16 Å². The van der Waals surface area contributed by atoms with Crippen molar-refractivity contribution in [3.63, 3.8) is 0 Å². The highest BCUT2D eigenvalue weighted by Crippen LogP contribution is 2.08. The van der Waals surface area contributed by atoms with Gasteiger partial charge in [0.2, 0.25) is 0 Å². The Balaban J connectivity index is 2.86. The second-order valence-corrected chi connectivity index (χ2v) is 3.05. The van der Waals surface area contributed by atoms with Crippen LogP contribution in [0.1, 0.15) is 18.9 Å². The Morgan fingerprint density at radius 3 is 2.46 bits per heavy atom. The van der Waals surface area contributed by atoms with Crippen LogP contribution in [0.5, 0.6) is 0 Å². The molecule has 1 aromatic rings. The van der Waals surface area contributed by atoms with Gasteiger partial charge in [-0.1, -0.05) is 47.6 Å². The van der Waals surface area contributed by atoms with Crippen molar-refractivity contribution in [1.29, 1.82) is 0 Å². The minimum absolute atomic E-state index is 0.612. The second-order valence-electron chi connectivity index (χ2n) is 3.05. The van der Waals surface area contributed by atoms with E-state index in [1.807, 2.05) is 37.3 Å². The summed E-state index contributed by atoms with van der Waals surface area (Å²) in [4.78, 5) is 0. The number of nitrogens with zero attached hydrogens (tertiary/aromatic N) is 1. The molecule has 0 aromatic heterocycles. The summed E-state index contributed by atoms with van der Waals surface area (Å²) in [6.45, 7) is 5.69. The molecule has 0 saturated carbocycles. The first-order chi connectivity index (χ1) is 6.24. The Bertz CT molecular complexity index is 314. The van der Waals surface area contributed by atoms with E-state index < -0.39 is 0 Å². The van der Waals surface area contributed by atoms with Gasteiger partial charge in [0.1, 0.15) is 0 Å². The number of oxime groups is 1. The number of hydrogen-bond acceptors (Lipinski definition) is 2. The van der Waals surface area contributed by atoms with Crippen molar-refractivity contribution in [2.75, 3.05) is 0 Å². The summed E-state index contributed by atoms with van der Waals surface area (Å²) in [7, 11) is 0. The molecule has 0 heterocycles. The molecular formula is C11H13NO. The lowest BCUT2D eigenvalue weighted by atomic mass is 10.0. The van der Waals surface area contributed by atoms with E-state index in [0.717, 1.165) is 11.1 Å². The van der Waals surface area contributed by atoms with Gasteiger partial charge >= 0.3 is 0 Å². The molecule has 0 aliphatic carbocycles. The molecule has 1 N–H and O–H groups in total. The smallest absolute Gasteiger partial charge is 0.0907 e. The van der Waals surface area contributed by atoms with E-state index in [1.165, 1.54) is 0 Å². The summed E-state index contributed by atoms with van der Waals surface area (Å²) in [6, 6.07) is 9.59. The van der Waals surface area contributed by atoms with Crippen LogP contribution >= 0.6 is 0 Å². The maximum atomic E-state index is 8.78. The van der Waals surface area contributed by atoms with Gasteiger partial charge in [-0.25, -0.2) is 0 Å². The zero-order chi connectivity index (χ0) is 9.68. The van der Waals surface area contributed by atoms with Crippen molar-refractivity contribution < 1.29 is 5.21 Å². The highest BCUT2D eigenvalue weighted by Gasteiger charge is 2.02. The van der Waals surface area contributed by atoms with Crippen LogP contribution in [0.25, 0.3) is 0 Å². The van der Waals surface area contributed by atoms with Crippen molar-refractivity contribution in [3.8, 4) is 0 Å². The molecule has 0 aliphatic rings. The Morgan fingerprint density at radius 2 is 2.00 bits per heavy atom. The Hall–Kier alpha value is -1.57. The zero-order valence-corrected chi connectivity index (χ0v) is 7.70. The van der Waals surface area contributed by atoms with E-state index >= 15 is 0 Å². The third kappa shape index (κ3) is 2.75. The average Bonchev–Trinajstić information content (AvgIpc) is 2.15. The fourth-order valence-corrected chi connectivity index (χ4v) is 1.11. The first kappa shape index (κ1) is 9.52. The van der Waals surface area contributed by atoms with Crippen LogP contribution in [0.15, 0.2) is 47.6 Å². The van der Waals surface area contributed by atoms with E-state index in [0.29, 0.717) is 12.1 Å². The summed E-state index contributed by atoms with van der Waals surface area (Å²) in [5.41, 5.74) is 2.58. The van der Waals surface area contributed by atoms with Gasteiger partial charge in [0, 0.05) is 6.42 Å². The first-order valence-electron chi connectivity index (χ1n) is 4.14. The van der Waals surface area contributed by atoms with E-state index in [4.69, 9.17) is 5.21 Å². The van der Waals surface area contributed by atoms with Crippen LogP contribution in [-0.4, -0.2) is 10.9 Å². The largest absolute Gasteiger partial charge is 0.411 e. The van der Waals surface area contributed by atoms with Crippen molar-refractivity contribution in [2.45, 2.75) is 13.3 Å². The third-order valence-corrected chi connectivity index (χ3v) is 1.70. The molecule has 0 aliphatic heterocycles. The van der Waals surface area contributed by atoms with Gasteiger partial charge in [-0.2, -0.15) is 0 Å². The maximum absolute atomic E-state index is 8.78. The summed E-state index contributed by atoms with van der Waals surface area (Å²) in [6.07, 6.45) is 0.612. The molecule has 0 atom stereocenters. The number of allylic oxidation sites excluding steroid dienone is 1. The Kier molecular flexibility index (Phi) is 3.26. The van der Waals surface area contributed by atoms with Crippen LogP contribution in [0, 0.1) is 0 Å². The fourth-order valence-electron chi connectivity index (χ4n) is 1.11. The van der Waals surface area contributed by atoms with Gasteiger partial charge in [0.25, 0.3) is 0 Å². The minimum atomic E-state index is 0.612. The predicted molar refractivity (Wildman–Crippen MR) is 54.2 cm³/mol. The molecule has 2 nitrogen and oxygen atoms in total. The quantitative estimate of drug-likeness (QED) is 0.326. The monoisotopic (exact) mass is 175 g/mol. The Morgan fingerprint density at radius 1 is 1.38 bits per heavy atom. The van der Waals surface area contributed by atoms with Crippen LogP contribution in [0.4, 0.5) is 0 Å². The summed E-state index contributed by atoms with van der Waals surface area (Å²) < 4.78 is 0. The number of benzene rings is 1. The minimum Gasteiger partial charge on any atom is -0.411 e. The molecule has 0 bridgehead atoms. The van der Waals surface area contributed by atoms with Gasteiger partial charge in [-0.3, -0.25) is 0 Å². The normalized spacial score (nSPS) is 11.3. The van der Waals surface area contributed by atoms with Gasteiger partial charge < -0.3 is 5.21 Å². The molecule has 0 radical (unpaired) electrons. The van der Waals surface area contributed by atoms with Crippen LogP contribution in [0.3, 0.4) is 0 Å². The SMILES string of the molecule is C=C(C)CC(=NO)c1ccccc1. The molecule has 0 spiro atoms. The maximum Gasteiger partial charge on any atom is 0.0907 e. The van der Waals surface area contributed by atoms with E-state index in [2.05, 4.69) is 11.7 Å². The standard InChI is InChI=1S/C11H13NO/c1-9(2)8-11(12-13)10-6-4-3-5-7-10/h3-7,13H,1,8H2,2H3. The molecule has 13 heavy (non-hydrogen) atoms. The number of rotatable bonds is 3. The van der Waals surface area contributed by atoms with E-state index in [1.54, 1.807) is 0 Å². The van der Waals surface area contributed by atoms with Crippen molar-refractivity contribution in [3.05, 3.63) is 48.0 Å². The Labute approximate surface area is 78.2 Å². The van der Waals surface area contributed by atoms with Crippen LogP contribution in [-0.2, 0) is 0 Å². The van der Waals surface area contributed by atoms with Crippen molar-refractivity contribution >= 4 is 5.71 Å². The lowest BCUT2D eigenvalue weighted by Crippen LogP contribution is -2.00. The molecule has 1 aromatic carbocycles. The van der Waals surface area contributed by atoms with Gasteiger partial charge in [0.05, 0.1) is 5.71 Å². The molecule has 2 heteroatoms. The molecule has 0 amide bonds. The lowest BCUT2D eigenvalue weighted by Gasteiger charge is -2.02. The fraction of sp³-hybridized carbons (Fsp3) is 0.182. The van der Waals surface area contributed by atoms with E-state index in [-0.39, 0.29) is 0 Å². The van der Waals surface area contributed by atoms with Gasteiger partial charge in [0.15, 0.2) is 0 Å². The zero-order valence-electron chi connectivity index (χ0n) is 7.70. The topological polar surface area (TPSA) is 32.6 Å². The second kappa shape index (κ2) is 4.45. The highest BCUT2D eigenvalue weighted by atomic mass is 16.4. The molecule has 0 fully saturated rings. The molecule has 0 unspecified atom stereocenters. The van der Waals surface area contributed by atoms with E-state index in [9.17, 15) is 0 Å². The third-order valence-electron chi connectivity index (χ3n) is 1.70. The number of hydrogen-bond donors (Lipinski definition) is 1. The summed E-state index contributed by atoms with van der Waals surface area (Å²) >= 11 is 0. The first-order valence-corrected chi connectivity index (χ1v) is 4.14. The average molecular weight is 175 g/mol. The molecule has 68 valence electrons. The van der Waals surface area contributed by atoms with Gasteiger partial charge in [-0.05, 0) is 12.5 Å². The van der Waals surface area contributed by atoms with Gasteiger partial charge in [-0.15, -0.1) is 0 Å². The van der Waals surface area contributed by atoms with Crippen LogP contribution in [0.2, 0.25) is 0 Å².